The van der Waals surface area contributed by atoms with Crippen LogP contribution in [-0.2, 0) is 11.4 Å². The number of carbonyl (C=O) groups is 1. The van der Waals surface area contributed by atoms with Crippen molar-refractivity contribution in [2.75, 3.05) is 6.61 Å². The highest BCUT2D eigenvalue weighted by Crippen LogP contribution is 2.21. The summed E-state index contributed by atoms with van der Waals surface area (Å²) in [5.41, 5.74) is -0.667. The third-order valence-electron chi connectivity index (χ3n) is 2.29. The number of benzene rings is 1. The van der Waals surface area contributed by atoms with E-state index in [-0.39, 0.29) is 19.0 Å². The first-order valence-corrected chi connectivity index (χ1v) is 5.11. The van der Waals surface area contributed by atoms with E-state index in [1.807, 2.05) is 0 Å². The summed E-state index contributed by atoms with van der Waals surface area (Å²) in [7, 11) is 0. The van der Waals surface area contributed by atoms with E-state index in [1.165, 1.54) is 26.0 Å². The fourth-order valence-corrected chi connectivity index (χ4v) is 1.12. The Hall–Kier alpha value is -1.62. The van der Waals surface area contributed by atoms with Crippen LogP contribution in [0, 0.1) is 11.2 Å². The van der Waals surface area contributed by atoms with Gasteiger partial charge in [0.2, 0.25) is 0 Å². The normalized spacial score (nSPS) is 11.3. The molecule has 0 saturated heterocycles. The van der Waals surface area contributed by atoms with Crippen molar-refractivity contribution < 1.29 is 24.1 Å². The quantitative estimate of drug-likeness (QED) is 0.826. The number of halogens is 1. The molecule has 0 unspecified atom stereocenters. The molecule has 0 amide bonds. The van der Waals surface area contributed by atoms with E-state index in [2.05, 4.69) is 0 Å². The van der Waals surface area contributed by atoms with E-state index in [0.717, 1.165) is 6.07 Å². The number of aliphatic carboxylic acids is 1. The molecule has 0 bridgehead atoms. The zero-order valence-corrected chi connectivity index (χ0v) is 9.74. The van der Waals surface area contributed by atoms with Crippen molar-refractivity contribution in [1.82, 2.24) is 0 Å². The predicted octanol–water partition coefficient (Wildman–Crippen LogP) is 1.81. The van der Waals surface area contributed by atoms with Gasteiger partial charge < -0.3 is 14.9 Å². The van der Waals surface area contributed by atoms with Gasteiger partial charge in [-0.15, -0.1) is 0 Å². The number of carboxylic acid groups (broad SMARTS) is 1. The van der Waals surface area contributed by atoms with Crippen molar-refractivity contribution in [2.45, 2.75) is 20.5 Å². The van der Waals surface area contributed by atoms with Crippen molar-refractivity contribution in [3.05, 3.63) is 29.6 Å². The van der Waals surface area contributed by atoms with E-state index in [4.69, 9.17) is 14.9 Å². The minimum atomic E-state index is -1.05. The number of aliphatic hydroxyl groups is 1. The van der Waals surface area contributed by atoms with Crippen LogP contribution in [0.15, 0.2) is 18.2 Å². The van der Waals surface area contributed by atoms with Crippen LogP contribution in [0.3, 0.4) is 0 Å². The van der Waals surface area contributed by atoms with E-state index in [9.17, 15) is 9.18 Å². The van der Waals surface area contributed by atoms with Gasteiger partial charge >= 0.3 is 5.97 Å². The fraction of sp³-hybridized carbons (Fsp3) is 0.417. The van der Waals surface area contributed by atoms with Crippen molar-refractivity contribution in [2.24, 2.45) is 5.41 Å². The van der Waals surface area contributed by atoms with Gasteiger partial charge in [-0.3, -0.25) is 4.79 Å². The Morgan fingerprint density at radius 1 is 1.41 bits per heavy atom. The number of hydrogen-bond donors (Lipinski definition) is 2. The van der Waals surface area contributed by atoms with E-state index in [0.29, 0.717) is 5.56 Å². The maximum Gasteiger partial charge on any atom is 0.312 e. The van der Waals surface area contributed by atoms with Crippen molar-refractivity contribution in [1.29, 1.82) is 0 Å². The van der Waals surface area contributed by atoms with Crippen molar-refractivity contribution >= 4 is 5.97 Å². The van der Waals surface area contributed by atoms with Crippen molar-refractivity contribution in [3.63, 3.8) is 0 Å². The van der Waals surface area contributed by atoms with Crippen LogP contribution in [0.4, 0.5) is 4.39 Å². The number of carboxylic acids is 1. The molecular weight excluding hydrogens is 227 g/mol. The summed E-state index contributed by atoms with van der Waals surface area (Å²) in [4.78, 5) is 10.8. The van der Waals surface area contributed by atoms with Gasteiger partial charge in [-0.25, -0.2) is 4.39 Å². The molecule has 1 aromatic rings. The molecule has 0 fully saturated rings. The Kier molecular flexibility index (Phi) is 4.07. The highest BCUT2D eigenvalue weighted by atomic mass is 19.1. The number of rotatable bonds is 5. The summed E-state index contributed by atoms with van der Waals surface area (Å²) in [6.07, 6.45) is 0. The first kappa shape index (κ1) is 13.4. The third-order valence-corrected chi connectivity index (χ3v) is 2.29. The largest absolute Gasteiger partial charge is 0.492 e. The van der Waals surface area contributed by atoms with Gasteiger partial charge in [-0.2, -0.15) is 0 Å². The Morgan fingerprint density at radius 2 is 2.06 bits per heavy atom. The van der Waals surface area contributed by atoms with E-state index >= 15 is 0 Å². The molecule has 5 heteroatoms. The lowest BCUT2D eigenvalue weighted by molar-refractivity contribution is -0.148. The molecule has 0 aromatic heterocycles. The average Bonchev–Trinajstić information content (AvgIpc) is 2.25. The topological polar surface area (TPSA) is 66.8 Å². The Bertz CT molecular complexity index is 415. The monoisotopic (exact) mass is 242 g/mol. The predicted molar refractivity (Wildman–Crippen MR) is 59.2 cm³/mol. The van der Waals surface area contributed by atoms with Crippen LogP contribution in [0.5, 0.6) is 5.75 Å². The first-order chi connectivity index (χ1) is 7.85. The molecule has 17 heavy (non-hydrogen) atoms. The number of ether oxygens (including phenoxy) is 1. The van der Waals surface area contributed by atoms with Gasteiger partial charge in [0.1, 0.15) is 18.2 Å². The lowest BCUT2D eigenvalue weighted by Gasteiger charge is -2.19. The summed E-state index contributed by atoms with van der Waals surface area (Å²) in [6.45, 7) is 2.66. The molecule has 1 rings (SSSR count). The minimum Gasteiger partial charge on any atom is -0.492 e. The second-order valence-electron chi connectivity index (χ2n) is 4.43. The maximum absolute atomic E-state index is 13.1. The first-order valence-electron chi connectivity index (χ1n) is 5.11. The highest BCUT2D eigenvalue weighted by molar-refractivity contribution is 5.73. The molecule has 0 heterocycles. The Balaban J connectivity index is 2.76. The molecule has 0 atom stereocenters. The number of aliphatic hydroxyl groups excluding tert-OH is 1. The Morgan fingerprint density at radius 3 is 2.59 bits per heavy atom. The van der Waals surface area contributed by atoms with E-state index < -0.39 is 17.2 Å². The summed E-state index contributed by atoms with van der Waals surface area (Å²) < 4.78 is 18.3. The lowest BCUT2D eigenvalue weighted by Crippen LogP contribution is -2.30. The van der Waals surface area contributed by atoms with Crippen LogP contribution in [-0.4, -0.2) is 22.8 Å². The fourth-order valence-electron chi connectivity index (χ4n) is 1.12. The van der Waals surface area contributed by atoms with E-state index in [1.54, 1.807) is 0 Å². The summed E-state index contributed by atoms with van der Waals surface area (Å²) in [5, 5.41) is 17.8. The Labute approximate surface area is 98.7 Å². The van der Waals surface area contributed by atoms with Gasteiger partial charge in [0, 0.05) is 6.07 Å². The molecule has 0 spiro atoms. The zero-order chi connectivity index (χ0) is 13.1. The molecule has 2 N–H and O–H groups in total. The van der Waals surface area contributed by atoms with Crippen LogP contribution in [0.25, 0.3) is 0 Å². The van der Waals surface area contributed by atoms with Crippen LogP contribution < -0.4 is 4.74 Å². The lowest BCUT2D eigenvalue weighted by atomic mass is 9.95. The second-order valence-corrected chi connectivity index (χ2v) is 4.43. The molecule has 94 valence electrons. The SMILES string of the molecule is CC(C)(COc1cc(F)cc(CO)c1)C(=O)O. The summed E-state index contributed by atoms with van der Waals surface area (Å²) in [5.74, 6) is -1.31. The number of hydrogen-bond acceptors (Lipinski definition) is 3. The molecule has 0 saturated carbocycles. The van der Waals surface area contributed by atoms with Gasteiger partial charge in [0.25, 0.3) is 0 Å². The molecule has 4 nitrogen and oxygen atoms in total. The zero-order valence-electron chi connectivity index (χ0n) is 9.74. The van der Waals surface area contributed by atoms with Crippen LogP contribution in [0.1, 0.15) is 19.4 Å². The molecule has 0 aliphatic heterocycles. The van der Waals surface area contributed by atoms with Gasteiger partial charge in [-0.1, -0.05) is 0 Å². The average molecular weight is 242 g/mol. The van der Waals surface area contributed by atoms with Crippen LogP contribution in [0.2, 0.25) is 0 Å². The molecule has 0 radical (unpaired) electrons. The standard InChI is InChI=1S/C12H15FO4/c1-12(2,11(15)16)7-17-10-4-8(6-14)3-9(13)5-10/h3-5,14H,6-7H2,1-2H3,(H,15,16). The van der Waals surface area contributed by atoms with Gasteiger partial charge in [0.05, 0.1) is 12.0 Å². The molecular formula is C12H15FO4. The second kappa shape index (κ2) is 5.14. The molecule has 1 aromatic carbocycles. The van der Waals surface area contributed by atoms with Crippen molar-refractivity contribution in [3.8, 4) is 5.75 Å². The molecule has 0 aliphatic carbocycles. The highest BCUT2D eigenvalue weighted by Gasteiger charge is 2.28. The molecule has 0 aliphatic rings. The van der Waals surface area contributed by atoms with Gasteiger partial charge in [-0.05, 0) is 31.5 Å². The van der Waals surface area contributed by atoms with Crippen LogP contribution >= 0.6 is 0 Å². The maximum atomic E-state index is 13.1. The smallest absolute Gasteiger partial charge is 0.312 e. The minimum absolute atomic E-state index is 0.0728. The summed E-state index contributed by atoms with van der Waals surface area (Å²) >= 11 is 0. The summed E-state index contributed by atoms with van der Waals surface area (Å²) in [6, 6.07) is 3.81. The third kappa shape index (κ3) is 3.71. The van der Waals surface area contributed by atoms with Gasteiger partial charge in [0.15, 0.2) is 0 Å².